The zero-order valence-corrected chi connectivity index (χ0v) is 12.7. The molecule has 1 aliphatic rings. The number of carbonyl (C=O) groups excluding carboxylic acids is 1. The lowest BCUT2D eigenvalue weighted by molar-refractivity contribution is 0.0982. The number of pyridine rings is 1. The van der Waals surface area contributed by atoms with Crippen LogP contribution in [-0.4, -0.2) is 27.2 Å². The van der Waals surface area contributed by atoms with Crippen LogP contribution in [-0.2, 0) is 7.05 Å². The first kappa shape index (κ1) is 13.8. The largest absolute Gasteiger partial charge is 0.305 e. The molecule has 5 nitrogen and oxygen atoms in total. The molecule has 21 heavy (non-hydrogen) atoms. The number of amides is 1. The highest BCUT2D eigenvalue weighted by atomic mass is 16.2. The maximum atomic E-state index is 12.8. The van der Waals surface area contributed by atoms with Crippen LogP contribution in [0.4, 0.5) is 5.69 Å². The first-order valence-electron chi connectivity index (χ1n) is 7.39. The van der Waals surface area contributed by atoms with E-state index in [0.717, 1.165) is 17.1 Å². The molecule has 0 unspecified atom stereocenters. The Morgan fingerprint density at radius 3 is 2.86 bits per heavy atom. The average Bonchev–Trinajstić information content (AvgIpc) is 3.24. The van der Waals surface area contributed by atoms with E-state index in [1.54, 1.807) is 11.1 Å². The molecule has 110 valence electrons. The molecule has 5 heteroatoms. The van der Waals surface area contributed by atoms with Crippen molar-refractivity contribution in [3.05, 3.63) is 41.5 Å². The standard InChI is InChI=1S/C16H20N4O/c1-4-20(14-6-5-9-17-11(14)2)16(21)13-10-15(12-7-8-12)19(3)18-13/h5-6,9-10,12H,4,7-8H2,1-3H3. The molecule has 0 atom stereocenters. The van der Waals surface area contributed by atoms with Crippen LogP contribution in [0.15, 0.2) is 24.4 Å². The van der Waals surface area contributed by atoms with Crippen LogP contribution in [0, 0.1) is 6.92 Å². The van der Waals surface area contributed by atoms with Gasteiger partial charge >= 0.3 is 0 Å². The Morgan fingerprint density at radius 1 is 1.48 bits per heavy atom. The number of hydrogen-bond donors (Lipinski definition) is 0. The number of nitrogens with zero attached hydrogens (tertiary/aromatic N) is 4. The Balaban J connectivity index is 1.92. The molecular formula is C16H20N4O. The highest BCUT2D eigenvalue weighted by Gasteiger charge is 2.29. The van der Waals surface area contributed by atoms with Gasteiger partial charge in [0.15, 0.2) is 5.69 Å². The molecule has 0 radical (unpaired) electrons. The van der Waals surface area contributed by atoms with Gasteiger partial charge in [-0.3, -0.25) is 14.5 Å². The van der Waals surface area contributed by atoms with E-state index in [4.69, 9.17) is 0 Å². The maximum Gasteiger partial charge on any atom is 0.278 e. The highest BCUT2D eigenvalue weighted by molar-refractivity contribution is 6.05. The second kappa shape index (κ2) is 5.31. The lowest BCUT2D eigenvalue weighted by Crippen LogP contribution is -2.31. The Labute approximate surface area is 124 Å². The Hall–Kier alpha value is -2.17. The van der Waals surface area contributed by atoms with Crippen molar-refractivity contribution in [1.29, 1.82) is 0 Å². The first-order chi connectivity index (χ1) is 10.1. The van der Waals surface area contributed by atoms with Crippen molar-refractivity contribution in [2.45, 2.75) is 32.6 Å². The zero-order chi connectivity index (χ0) is 15.0. The summed E-state index contributed by atoms with van der Waals surface area (Å²) in [5, 5.41) is 4.40. The molecule has 0 spiro atoms. The third-order valence-electron chi connectivity index (χ3n) is 3.96. The summed E-state index contributed by atoms with van der Waals surface area (Å²) in [6, 6.07) is 5.72. The summed E-state index contributed by atoms with van der Waals surface area (Å²) < 4.78 is 1.84. The van der Waals surface area contributed by atoms with Gasteiger partial charge in [-0.15, -0.1) is 0 Å². The summed E-state index contributed by atoms with van der Waals surface area (Å²) in [6.07, 6.45) is 4.14. The van der Waals surface area contributed by atoms with Crippen molar-refractivity contribution in [2.24, 2.45) is 7.05 Å². The molecule has 2 heterocycles. The quantitative estimate of drug-likeness (QED) is 0.867. The molecule has 1 aliphatic carbocycles. The molecular weight excluding hydrogens is 264 g/mol. The Kier molecular flexibility index (Phi) is 3.49. The second-order valence-electron chi connectivity index (χ2n) is 5.51. The molecule has 0 N–H and O–H groups in total. The van der Waals surface area contributed by atoms with Gasteiger partial charge in [0.2, 0.25) is 0 Å². The van der Waals surface area contributed by atoms with Gasteiger partial charge in [-0.05, 0) is 44.9 Å². The monoisotopic (exact) mass is 284 g/mol. The lowest BCUT2D eigenvalue weighted by Gasteiger charge is -2.21. The number of hydrogen-bond acceptors (Lipinski definition) is 3. The van der Waals surface area contributed by atoms with Gasteiger partial charge in [0.05, 0.1) is 11.4 Å². The molecule has 1 fully saturated rings. The van der Waals surface area contributed by atoms with Crippen LogP contribution in [0.2, 0.25) is 0 Å². The number of aryl methyl sites for hydroxylation is 2. The van der Waals surface area contributed by atoms with Crippen LogP contribution in [0.3, 0.4) is 0 Å². The van der Waals surface area contributed by atoms with Gasteiger partial charge < -0.3 is 4.90 Å². The van der Waals surface area contributed by atoms with Crippen LogP contribution < -0.4 is 4.90 Å². The van der Waals surface area contributed by atoms with Crippen molar-refractivity contribution in [1.82, 2.24) is 14.8 Å². The van der Waals surface area contributed by atoms with Gasteiger partial charge in [0.25, 0.3) is 5.91 Å². The van der Waals surface area contributed by atoms with Crippen LogP contribution in [0.25, 0.3) is 0 Å². The van der Waals surface area contributed by atoms with E-state index >= 15 is 0 Å². The van der Waals surface area contributed by atoms with E-state index in [1.807, 2.05) is 43.8 Å². The Bertz CT molecular complexity index is 673. The predicted molar refractivity (Wildman–Crippen MR) is 81.5 cm³/mol. The topological polar surface area (TPSA) is 51.0 Å². The van der Waals surface area contributed by atoms with E-state index in [2.05, 4.69) is 10.1 Å². The average molecular weight is 284 g/mol. The van der Waals surface area contributed by atoms with Crippen LogP contribution in [0.1, 0.15) is 47.6 Å². The molecule has 0 bridgehead atoms. The smallest absolute Gasteiger partial charge is 0.278 e. The predicted octanol–water partition coefficient (Wildman–Crippen LogP) is 2.67. The fourth-order valence-electron chi connectivity index (χ4n) is 2.67. The molecule has 1 amide bonds. The summed E-state index contributed by atoms with van der Waals surface area (Å²) in [5.41, 5.74) is 3.39. The number of aromatic nitrogens is 3. The van der Waals surface area contributed by atoms with E-state index < -0.39 is 0 Å². The molecule has 0 saturated heterocycles. The normalized spacial score (nSPS) is 14.2. The van der Waals surface area contributed by atoms with E-state index in [1.165, 1.54) is 12.8 Å². The second-order valence-corrected chi connectivity index (χ2v) is 5.51. The van der Waals surface area contributed by atoms with Crippen molar-refractivity contribution in [3.8, 4) is 0 Å². The molecule has 2 aromatic rings. The molecule has 3 rings (SSSR count). The van der Waals surface area contributed by atoms with Crippen LogP contribution in [0.5, 0.6) is 0 Å². The fourth-order valence-corrected chi connectivity index (χ4v) is 2.67. The number of carbonyl (C=O) groups is 1. The van der Waals surface area contributed by atoms with Crippen molar-refractivity contribution in [2.75, 3.05) is 11.4 Å². The van der Waals surface area contributed by atoms with Gasteiger partial charge in [-0.25, -0.2) is 0 Å². The van der Waals surface area contributed by atoms with Gasteiger partial charge in [-0.1, -0.05) is 0 Å². The molecule has 2 aromatic heterocycles. The number of anilines is 1. The fraction of sp³-hybridized carbons (Fsp3) is 0.438. The van der Waals surface area contributed by atoms with Gasteiger partial charge in [-0.2, -0.15) is 5.10 Å². The summed E-state index contributed by atoms with van der Waals surface area (Å²) in [5.74, 6) is 0.523. The van der Waals surface area contributed by atoms with Crippen molar-refractivity contribution >= 4 is 11.6 Å². The van der Waals surface area contributed by atoms with Crippen molar-refractivity contribution in [3.63, 3.8) is 0 Å². The minimum absolute atomic E-state index is 0.0592. The lowest BCUT2D eigenvalue weighted by atomic mass is 10.2. The summed E-state index contributed by atoms with van der Waals surface area (Å²) >= 11 is 0. The number of rotatable bonds is 4. The van der Waals surface area contributed by atoms with Crippen molar-refractivity contribution < 1.29 is 4.79 Å². The maximum absolute atomic E-state index is 12.8. The van der Waals surface area contributed by atoms with Gasteiger partial charge in [0.1, 0.15) is 0 Å². The third-order valence-corrected chi connectivity index (χ3v) is 3.96. The molecule has 1 saturated carbocycles. The first-order valence-corrected chi connectivity index (χ1v) is 7.39. The summed E-state index contributed by atoms with van der Waals surface area (Å²) in [6.45, 7) is 4.48. The zero-order valence-electron chi connectivity index (χ0n) is 12.7. The van der Waals surface area contributed by atoms with Gasteiger partial charge in [0, 0.05) is 31.4 Å². The minimum atomic E-state index is -0.0592. The SMILES string of the molecule is CCN(C(=O)c1cc(C2CC2)n(C)n1)c1cccnc1C. The highest BCUT2D eigenvalue weighted by Crippen LogP contribution is 2.40. The summed E-state index contributed by atoms with van der Waals surface area (Å²) in [4.78, 5) is 18.8. The minimum Gasteiger partial charge on any atom is -0.305 e. The molecule has 0 aromatic carbocycles. The summed E-state index contributed by atoms with van der Waals surface area (Å²) in [7, 11) is 1.91. The third kappa shape index (κ3) is 2.55. The molecule has 0 aliphatic heterocycles. The van der Waals surface area contributed by atoms with E-state index in [9.17, 15) is 4.79 Å². The van der Waals surface area contributed by atoms with Crippen LogP contribution >= 0.6 is 0 Å². The Morgan fingerprint density at radius 2 is 2.24 bits per heavy atom. The van der Waals surface area contributed by atoms with E-state index in [-0.39, 0.29) is 5.91 Å². The van der Waals surface area contributed by atoms with E-state index in [0.29, 0.717) is 18.2 Å².